The average molecular weight is 266 g/mol. The van der Waals surface area contributed by atoms with Gasteiger partial charge in [0.2, 0.25) is 0 Å². The summed E-state index contributed by atoms with van der Waals surface area (Å²) in [7, 11) is 0. The minimum atomic E-state index is -2.29. The van der Waals surface area contributed by atoms with E-state index in [0.29, 0.717) is 5.56 Å². The van der Waals surface area contributed by atoms with Crippen LogP contribution in [0.25, 0.3) is 0 Å². The van der Waals surface area contributed by atoms with Crippen molar-refractivity contribution in [1.29, 1.82) is 0 Å². The Labute approximate surface area is 111 Å². The maximum absolute atomic E-state index is 11.3. The molecule has 3 N–H and O–H groups in total. The van der Waals surface area contributed by atoms with Crippen molar-refractivity contribution in [3.05, 3.63) is 35.9 Å². The summed E-state index contributed by atoms with van der Waals surface area (Å²) in [6.45, 7) is 2.99. The number of aliphatic hydroxyl groups is 1. The molecule has 0 aliphatic heterocycles. The van der Waals surface area contributed by atoms with E-state index in [-0.39, 0.29) is 6.42 Å². The smallest absolute Gasteiger partial charge is 0.336 e. The van der Waals surface area contributed by atoms with Gasteiger partial charge in [-0.25, -0.2) is 4.79 Å². The zero-order valence-corrected chi connectivity index (χ0v) is 10.9. The standard InChI is InChI=1S/C14H18O5/c1-9(2)14(19,13(17)18)11(12(15)16)8-10-6-4-3-5-7-10/h3-7,9,11,19H,8H2,1-2H3,(H,15,16)(H,17,18). The number of benzene rings is 1. The topological polar surface area (TPSA) is 94.8 Å². The second kappa shape index (κ2) is 5.84. The molecule has 5 heteroatoms. The van der Waals surface area contributed by atoms with E-state index in [1.54, 1.807) is 30.3 Å². The lowest BCUT2D eigenvalue weighted by Crippen LogP contribution is -2.54. The summed E-state index contributed by atoms with van der Waals surface area (Å²) in [4.78, 5) is 22.6. The molecule has 0 heterocycles. The quantitative estimate of drug-likeness (QED) is 0.723. The first-order chi connectivity index (χ1) is 8.80. The monoisotopic (exact) mass is 266 g/mol. The van der Waals surface area contributed by atoms with E-state index in [0.717, 1.165) is 0 Å². The normalized spacial score (nSPS) is 15.8. The highest BCUT2D eigenvalue weighted by molar-refractivity contribution is 5.86. The maximum Gasteiger partial charge on any atom is 0.336 e. The first kappa shape index (κ1) is 15.2. The highest BCUT2D eigenvalue weighted by Crippen LogP contribution is 2.30. The van der Waals surface area contributed by atoms with Crippen molar-refractivity contribution in [3.63, 3.8) is 0 Å². The molecule has 19 heavy (non-hydrogen) atoms. The summed E-state index contributed by atoms with van der Waals surface area (Å²) < 4.78 is 0. The van der Waals surface area contributed by atoms with Gasteiger partial charge in [-0.05, 0) is 17.9 Å². The molecule has 1 aromatic rings. The Balaban J connectivity index is 3.13. The third-order valence-corrected chi connectivity index (χ3v) is 3.33. The highest BCUT2D eigenvalue weighted by atomic mass is 16.4. The van der Waals surface area contributed by atoms with Crippen molar-refractivity contribution in [1.82, 2.24) is 0 Å². The Morgan fingerprint density at radius 1 is 1.16 bits per heavy atom. The van der Waals surface area contributed by atoms with Gasteiger partial charge in [0.15, 0.2) is 5.60 Å². The number of carbonyl (C=O) groups is 2. The molecule has 0 aromatic heterocycles. The fourth-order valence-corrected chi connectivity index (χ4v) is 2.08. The number of carboxylic acids is 2. The van der Waals surface area contributed by atoms with Crippen LogP contribution < -0.4 is 0 Å². The van der Waals surface area contributed by atoms with Gasteiger partial charge < -0.3 is 15.3 Å². The molecule has 0 aliphatic carbocycles. The van der Waals surface area contributed by atoms with Gasteiger partial charge in [0.25, 0.3) is 0 Å². The van der Waals surface area contributed by atoms with E-state index in [2.05, 4.69) is 0 Å². The Bertz CT molecular complexity index is 454. The van der Waals surface area contributed by atoms with Gasteiger partial charge in [-0.2, -0.15) is 0 Å². The van der Waals surface area contributed by atoms with E-state index in [4.69, 9.17) is 0 Å². The van der Waals surface area contributed by atoms with Crippen molar-refractivity contribution in [2.45, 2.75) is 25.9 Å². The first-order valence-corrected chi connectivity index (χ1v) is 6.02. The molecule has 1 aromatic carbocycles. The molecular formula is C14H18O5. The second-order valence-corrected chi connectivity index (χ2v) is 4.87. The fourth-order valence-electron chi connectivity index (χ4n) is 2.08. The molecular weight excluding hydrogens is 248 g/mol. The SMILES string of the molecule is CC(C)C(O)(C(=O)O)C(Cc1ccccc1)C(=O)O. The molecule has 104 valence electrons. The predicted octanol–water partition coefficient (Wildman–Crippen LogP) is 1.40. The number of aliphatic carboxylic acids is 2. The van der Waals surface area contributed by atoms with Gasteiger partial charge in [-0.1, -0.05) is 44.2 Å². The fraction of sp³-hybridized carbons (Fsp3) is 0.429. The van der Waals surface area contributed by atoms with Crippen molar-refractivity contribution in [3.8, 4) is 0 Å². The van der Waals surface area contributed by atoms with Gasteiger partial charge in [0, 0.05) is 0 Å². The van der Waals surface area contributed by atoms with Gasteiger partial charge in [0.05, 0.1) is 0 Å². The molecule has 2 atom stereocenters. The Morgan fingerprint density at radius 2 is 1.68 bits per heavy atom. The van der Waals surface area contributed by atoms with Crippen LogP contribution in [0.5, 0.6) is 0 Å². The van der Waals surface area contributed by atoms with Crippen LogP contribution in [-0.4, -0.2) is 32.9 Å². The number of carboxylic acid groups (broad SMARTS) is 2. The molecule has 5 nitrogen and oxygen atoms in total. The molecule has 0 aliphatic rings. The summed E-state index contributed by atoms with van der Waals surface area (Å²) in [5.74, 6) is -4.93. The number of hydrogen-bond donors (Lipinski definition) is 3. The van der Waals surface area contributed by atoms with Crippen molar-refractivity contribution in [2.24, 2.45) is 11.8 Å². The second-order valence-electron chi connectivity index (χ2n) is 4.87. The Morgan fingerprint density at radius 3 is 2.05 bits per heavy atom. The Hall–Kier alpha value is -1.88. The first-order valence-electron chi connectivity index (χ1n) is 6.02. The molecule has 1 rings (SSSR count). The summed E-state index contributed by atoms with van der Waals surface area (Å²) in [5.41, 5.74) is -1.61. The lowest BCUT2D eigenvalue weighted by molar-refractivity contribution is -0.180. The summed E-state index contributed by atoms with van der Waals surface area (Å²) in [5, 5.41) is 28.7. The van der Waals surface area contributed by atoms with Gasteiger partial charge in [-0.15, -0.1) is 0 Å². The van der Waals surface area contributed by atoms with Crippen LogP contribution in [0.4, 0.5) is 0 Å². The van der Waals surface area contributed by atoms with Crippen LogP contribution >= 0.6 is 0 Å². The Kier molecular flexibility index (Phi) is 4.67. The number of hydrogen-bond acceptors (Lipinski definition) is 3. The van der Waals surface area contributed by atoms with Crippen molar-refractivity contribution in [2.75, 3.05) is 0 Å². The molecule has 0 spiro atoms. The largest absolute Gasteiger partial charge is 0.481 e. The zero-order valence-electron chi connectivity index (χ0n) is 10.9. The van der Waals surface area contributed by atoms with Crippen LogP contribution in [0.2, 0.25) is 0 Å². The van der Waals surface area contributed by atoms with E-state index in [1.807, 2.05) is 0 Å². The zero-order chi connectivity index (χ0) is 14.6. The third-order valence-electron chi connectivity index (χ3n) is 3.33. The molecule has 0 bridgehead atoms. The number of rotatable bonds is 6. The molecule has 0 saturated carbocycles. The van der Waals surface area contributed by atoms with Crippen LogP contribution in [0.1, 0.15) is 19.4 Å². The van der Waals surface area contributed by atoms with Gasteiger partial charge in [-0.3, -0.25) is 4.79 Å². The predicted molar refractivity (Wildman–Crippen MR) is 68.7 cm³/mol. The molecule has 0 saturated heterocycles. The lowest BCUT2D eigenvalue weighted by Gasteiger charge is -2.33. The van der Waals surface area contributed by atoms with Crippen molar-refractivity contribution >= 4 is 11.9 Å². The van der Waals surface area contributed by atoms with Crippen LogP contribution in [0, 0.1) is 11.8 Å². The van der Waals surface area contributed by atoms with Crippen LogP contribution in [-0.2, 0) is 16.0 Å². The minimum Gasteiger partial charge on any atom is -0.481 e. The third kappa shape index (κ3) is 3.12. The van der Waals surface area contributed by atoms with Gasteiger partial charge in [0.1, 0.15) is 5.92 Å². The van der Waals surface area contributed by atoms with E-state index >= 15 is 0 Å². The summed E-state index contributed by atoms with van der Waals surface area (Å²) >= 11 is 0. The maximum atomic E-state index is 11.3. The lowest BCUT2D eigenvalue weighted by atomic mass is 9.75. The average Bonchev–Trinajstić information content (AvgIpc) is 2.35. The minimum absolute atomic E-state index is 0.0306. The molecule has 2 unspecified atom stereocenters. The van der Waals surface area contributed by atoms with E-state index in [9.17, 15) is 24.9 Å². The van der Waals surface area contributed by atoms with E-state index in [1.165, 1.54) is 13.8 Å². The van der Waals surface area contributed by atoms with Crippen LogP contribution in [0.15, 0.2) is 30.3 Å². The van der Waals surface area contributed by atoms with Crippen LogP contribution in [0.3, 0.4) is 0 Å². The van der Waals surface area contributed by atoms with E-state index < -0.39 is 29.4 Å². The highest BCUT2D eigenvalue weighted by Gasteiger charge is 2.50. The summed E-state index contributed by atoms with van der Waals surface area (Å²) in [6.07, 6.45) is -0.0306. The molecule has 0 radical (unpaired) electrons. The molecule has 0 fully saturated rings. The van der Waals surface area contributed by atoms with Gasteiger partial charge >= 0.3 is 11.9 Å². The van der Waals surface area contributed by atoms with Crippen molar-refractivity contribution < 1.29 is 24.9 Å². The molecule has 0 amide bonds. The summed E-state index contributed by atoms with van der Waals surface area (Å²) in [6, 6.07) is 8.68.